The van der Waals surface area contributed by atoms with Crippen molar-refractivity contribution < 1.29 is 4.39 Å². The van der Waals surface area contributed by atoms with Gasteiger partial charge < -0.3 is 0 Å². The van der Waals surface area contributed by atoms with Gasteiger partial charge in [-0.3, -0.25) is 0 Å². The van der Waals surface area contributed by atoms with Crippen LogP contribution in [-0.4, -0.2) is 0 Å². The highest BCUT2D eigenvalue weighted by molar-refractivity contribution is 7.97. The van der Waals surface area contributed by atoms with Crippen LogP contribution in [0, 0.1) is 5.82 Å². The van der Waals surface area contributed by atoms with E-state index in [2.05, 4.69) is 24.3 Å². The first-order valence-electron chi connectivity index (χ1n) is 6.44. The van der Waals surface area contributed by atoms with Gasteiger partial charge in [0.2, 0.25) is 0 Å². The van der Waals surface area contributed by atoms with E-state index in [1.165, 1.54) is 15.9 Å². The summed E-state index contributed by atoms with van der Waals surface area (Å²) in [7, 11) is -0.265. The van der Waals surface area contributed by atoms with Crippen LogP contribution >= 0.6 is 0 Å². The number of benzene rings is 3. The highest BCUT2D eigenvalue weighted by Gasteiger charge is 2.28. The molecule has 0 amide bonds. The molecule has 0 radical (unpaired) electrons. The van der Waals surface area contributed by atoms with Crippen LogP contribution in [0.2, 0.25) is 0 Å². The second-order valence-electron chi connectivity index (χ2n) is 4.39. The molecule has 0 saturated carbocycles. The fourth-order valence-corrected chi connectivity index (χ4v) is 4.24. The zero-order valence-corrected chi connectivity index (χ0v) is 11.7. The summed E-state index contributed by atoms with van der Waals surface area (Å²) in [5, 5.41) is 0. The van der Waals surface area contributed by atoms with Crippen LogP contribution in [-0.2, 0) is 10.9 Å². The average molecular weight is 281 g/mol. The number of halogens is 1. The van der Waals surface area contributed by atoms with Crippen LogP contribution in [0.3, 0.4) is 0 Å². The molecule has 0 fully saturated rings. The summed E-state index contributed by atoms with van der Waals surface area (Å²) < 4.78 is 13.6. The molecule has 0 aliphatic heterocycles. The van der Waals surface area contributed by atoms with Gasteiger partial charge in [0.25, 0.3) is 0 Å². The maximum absolute atomic E-state index is 13.6. The first-order chi connectivity index (χ1) is 9.84. The SMILES string of the molecule is Fc1cccc([S+](c2ccccc2)c2ccccc2)c1. The van der Waals surface area contributed by atoms with E-state index in [1.807, 2.05) is 42.5 Å². The highest BCUT2D eigenvalue weighted by Crippen LogP contribution is 2.30. The van der Waals surface area contributed by atoms with Crippen LogP contribution in [0.4, 0.5) is 4.39 Å². The minimum absolute atomic E-state index is 0.188. The lowest BCUT2D eigenvalue weighted by molar-refractivity contribution is 0.624. The molecule has 2 heteroatoms. The second kappa shape index (κ2) is 5.93. The smallest absolute Gasteiger partial charge is 0.169 e. The van der Waals surface area contributed by atoms with Crippen LogP contribution < -0.4 is 0 Å². The monoisotopic (exact) mass is 281 g/mol. The van der Waals surface area contributed by atoms with Crippen molar-refractivity contribution in [2.45, 2.75) is 14.7 Å². The standard InChI is InChI=1S/C18H14FS/c19-15-8-7-13-18(14-15)20(16-9-3-1-4-10-16)17-11-5-2-6-12-17/h1-14H/q+1. The Morgan fingerprint density at radius 3 is 1.55 bits per heavy atom. The van der Waals surface area contributed by atoms with E-state index in [9.17, 15) is 4.39 Å². The Bertz CT molecular complexity index is 641. The van der Waals surface area contributed by atoms with E-state index in [-0.39, 0.29) is 16.7 Å². The molecular weight excluding hydrogens is 267 g/mol. The molecule has 0 nitrogen and oxygen atoms in total. The fourth-order valence-electron chi connectivity index (χ4n) is 2.12. The molecule has 0 aromatic heterocycles. The molecule has 0 atom stereocenters. The molecule has 0 aliphatic rings. The molecule has 0 aliphatic carbocycles. The lowest BCUT2D eigenvalue weighted by atomic mass is 10.3. The van der Waals surface area contributed by atoms with Gasteiger partial charge in [-0.2, -0.15) is 0 Å². The summed E-state index contributed by atoms with van der Waals surface area (Å²) >= 11 is 0. The van der Waals surface area contributed by atoms with Crippen molar-refractivity contribution in [3.8, 4) is 0 Å². The topological polar surface area (TPSA) is 0 Å². The number of hydrogen-bond acceptors (Lipinski definition) is 0. The predicted molar refractivity (Wildman–Crippen MR) is 81.4 cm³/mol. The van der Waals surface area contributed by atoms with E-state index in [1.54, 1.807) is 12.1 Å². The molecule has 3 rings (SSSR count). The number of hydrogen-bond donors (Lipinski definition) is 0. The Labute approximate surface area is 121 Å². The summed E-state index contributed by atoms with van der Waals surface area (Å²) in [5.74, 6) is -0.188. The molecule has 3 aromatic rings. The predicted octanol–water partition coefficient (Wildman–Crippen LogP) is 4.92. The Kier molecular flexibility index (Phi) is 3.84. The Balaban J connectivity index is 2.14. The molecule has 0 spiro atoms. The van der Waals surface area contributed by atoms with Gasteiger partial charge in [-0.05, 0) is 36.4 Å². The normalized spacial score (nSPS) is 10.7. The van der Waals surface area contributed by atoms with E-state index in [0.717, 1.165) is 4.90 Å². The van der Waals surface area contributed by atoms with Gasteiger partial charge in [0.05, 0.1) is 10.9 Å². The summed E-state index contributed by atoms with van der Waals surface area (Å²) in [4.78, 5) is 3.40. The van der Waals surface area contributed by atoms with E-state index in [4.69, 9.17) is 0 Å². The van der Waals surface area contributed by atoms with Gasteiger partial charge in [0.1, 0.15) is 5.82 Å². The third kappa shape index (κ3) is 2.75. The molecular formula is C18H14FS+. The van der Waals surface area contributed by atoms with Crippen molar-refractivity contribution in [3.63, 3.8) is 0 Å². The van der Waals surface area contributed by atoms with Crippen molar-refractivity contribution >= 4 is 10.9 Å². The van der Waals surface area contributed by atoms with Gasteiger partial charge in [-0.25, -0.2) is 4.39 Å². The quantitative estimate of drug-likeness (QED) is 0.598. The Morgan fingerprint density at radius 2 is 1.05 bits per heavy atom. The molecule has 0 heterocycles. The second-order valence-corrected chi connectivity index (χ2v) is 6.42. The third-order valence-electron chi connectivity index (χ3n) is 2.99. The first-order valence-corrected chi connectivity index (χ1v) is 7.67. The Hall–Kier alpha value is -2.06. The van der Waals surface area contributed by atoms with Crippen molar-refractivity contribution in [3.05, 3.63) is 90.7 Å². The van der Waals surface area contributed by atoms with Gasteiger partial charge >= 0.3 is 0 Å². The highest BCUT2D eigenvalue weighted by atomic mass is 32.2. The fraction of sp³-hybridized carbons (Fsp3) is 0. The van der Waals surface area contributed by atoms with Gasteiger partial charge in [-0.15, -0.1) is 0 Å². The summed E-state index contributed by atoms with van der Waals surface area (Å²) in [6.07, 6.45) is 0. The van der Waals surface area contributed by atoms with Crippen LogP contribution in [0.25, 0.3) is 0 Å². The van der Waals surface area contributed by atoms with Gasteiger partial charge in [-0.1, -0.05) is 42.5 Å². The number of rotatable bonds is 3. The van der Waals surface area contributed by atoms with Gasteiger partial charge in [0, 0.05) is 6.07 Å². The molecule has 98 valence electrons. The maximum atomic E-state index is 13.6. The van der Waals surface area contributed by atoms with Crippen molar-refractivity contribution in [1.82, 2.24) is 0 Å². The molecule has 0 N–H and O–H groups in total. The van der Waals surface area contributed by atoms with Crippen LogP contribution in [0.1, 0.15) is 0 Å². The van der Waals surface area contributed by atoms with Crippen LogP contribution in [0.15, 0.2) is 99.6 Å². The molecule has 3 aromatic carbocycles. The summed E-state index contributed by atoms with van der Waals surface area (Å²) in [6.45, 7) is 0. The summed E-state index contributed by atoms with van der Waals surface area (Å²) in [5.41, 5.74) is 0. The van der Waals surface area contributed by atoms with E-state index >= 15 is 0 Å². The van der Waals surface area contributed by atoms with Gasteiger partial charge in [0.15, 0.2) is 14.7 Å². The van der Waals surface area contributed by atoms with Crippen molar-refractivity contribution in [2.75, 3.05) is 0 Å². The third-order valence-corrected chi connectivity index (χ3v) is 5.20. The first kappa shape index (κ1) is 12.9. The minimum atomic E-state index is -0.265. The molecule has 0 saturated heterocycles. The molecule has 0 unspecified atom stereocenters. The Morgan fingerprint density at radius 1 is 0.550 bits per heavy atom. The lowest BCUT2D eigenvalue weighted by Gasteiger charge is -2.07. The zero-order valence-electron chi connectivity index (χ0n) is 10.9. The lowest BCUT2D eigenvalue weighted by Crippen LogP contribution is -2.04. The van der Waals surface area contributed by atoms with E-state index < -0.39 is 0 Å². The summed E-state index contributed by atoms with van der Waals surface area (Å²) in [6, 6.07) is 27.4. The minimum Gasteiger partial charge on any atom is -0.207 e. The van der Waals surface area contributed by atoms with Crippen molar-refractivity contribution in [2.24, 2.45) is 0 Å². The van der Waals surface area contributed by atoms with Crippen LogP contribution in [0.5, 0.6) is 0 Å². The largest absolute Gasteiger partial charge is 0.207 e. The molecule has 20 heavy (non-hydrogen) atoms. The average Bonchev–Trinajstić information content (AvgIpc) is 2.50. The maximum Gasteiger partial charge on any atom is 0.169 e. The molecule has 0 bridgehead atoms. The van der Waals surface area contributed by atoms with Crippen molar-refractivity contribution in [1.29, 1.82) is 0 Å². The zero-order chi connectivity index (χ0) is 13.8. The van der Waals surface area contributed by atoms with E-state index in [0.29, 0.717) is 0 Å².